The van der Waals surface area contributed by atoms with Crippen LogP contribution in [0.25, 0.3) is 0 Å². The van der Waals surface area contributed by atoms with Gasteiger partial charge in [0.05, 0.1) is 5.69 Å². The Kier molecular flexibility index (Phi) is 4.62. The highest BCUT2D eigenvalue weighted by atomic mass is 19.2. The molecule has 2 aromatic rings. The van der Waals surface area contributed by atoms with Gasteiger partial charge in [0.25, 0.3) is 0 Å². The number of halogens is 3. The number of hydrogen-bond acceptors (Lipinski definition) is 4. The maximum absolute atomic E-state index is 13.6. The zero-order chi connectivity index (χ0) is 15.4. The monoisotopic (exact) mass is 296 g/mol. The average molecular weight is 296 g/mol. The minimum absolute atomic E-state index is 0.192. The molecule has 2 rings (SSSR count). The summed E-state index contributed by atoms with van der Waals surface area (Å²) < 4.78 is 39.6. The molecular formula is C14H15F3N4. The molecule has 1 heterocycles. The maximum Gasteiger partial charge on any atom is 0.196 e. The van der Waals surface area contributed by atoms with Crippen LogP contribution >= 0.6 is 0 Å². The molecule has 0 bridgehead atoms. The van der Waals surface area contributed by atoms with Crippen molar-refractivity contribution in [3.8, 4) is 0 Å². The van der Waals surface area contributed by atoms with E-state index in [0.29, 0.717) is 11.7 Å². The summed E-state index contributed by atoms with van der Waals surface area (Å²) in [5, 5.41) is 5.68. The lowest BCUT2D eigenvalue weighted by Gasteiger charge is -2.10. The molecule has 112 valence electrons. The first-order valence-corrected chi connectivity index (χ1v) is 6.44. The zero-order valence-electron chi connectivity index (χ0n) is 11.6. The Morgan fingerprint density at radius 2 is 1.76 bits per heavy atom. The lowest BCUT2D eigenvalue weighted by Crippen LogP contribution is -2.09. The van der Waals surface area contributed by atoms with Crippen molar-refractivity contribution in [1.82, 2.24) is 9.97 Å². The highest BCUT2D eigenvalue weighted by Gasteiger charge is 2.13. The van der Waals surface area contributed by atoms with Crippen LogP contribution in [0, 0.1) is 23.4 Å². The van der Waals surface area contributed by atoms with E-state index >= 15 is 0 Å². The fourth-order valence-corrected chi connectivity index (χ4v) is 1.59. The van der Waals surface area contributed by atoms with Crippen molar-refractivity contribution < 1.29 is 13.2 Å². The van der Waals surface area contributed by atoms with Crippen LogP contribution in [0.1, 0.15) is 13.8 Å². The molecule has 0 radical (unpaired) electrons. The zero-order valence-corrected chi connectivity index (χ0v) is 11.6. The summed E-state index contributed by atoms with van der Waals surface area (Å²) in [6.45, 7) is 4.81. The first-order chi connectivity index (χ1) is 9.97. The Bertz CT molecular complexity index is 632. The van der Waals surface area contributed by atoms with Crippen LogP contribution in [-0.2, 0) is 0 Å². The first-order valence-electron chi connectivity index (χ1n) is 6.44. The van der Waals surface area contributed by atoms with E-state index in [4.69, 9.17) is 0 Å². The number of anilines is 3. The lowest BCUT2D eigenvalue weighted by atomic mass is 10.2. The number of aromatic nitrogens is 2. The maximum atomic E-state index is 13.6. The third-order valence-electron chi connectivity index (χ3n) is 2.66. The minimum Gasteiger partial charge on any atom is -0.370 e. The van der Waals surface area contributed by atoms with E-state index in [1.54, 1.807) is 6.07 Å². The number of nitrogens with one attached hydrogen (secondary N) is 2. The topological polar surface area (TPSA) is 49.8 Å². The van der Waals surface area contributed by atoms with Crippen molar-refractivity contribution in [3.63, 3.8) is 0 Å². The van der Waals surface area contributed by atoms with E-state index < -0.39 is 17.5 Å². The fraction of sp³-hybridized carbons (Fsp3) is 0.286. The number of benzene rings is 1. The molecule has 0 saturated heterocycles. The van der Waals surface area contributed by atoms with Gasteiger partial charge in [0.1, 0.15) is 18.0 Å². The van der Waals surface area contributed by atoms with Crippen LogP contribution in [0.2, 0.25) is 0 Å². The Hall–Kier alpha value is -2.31. The minimum atomic E-state index is -1.52. The van der Waals surface area contributed by atoms with Crippen LogP contribution in [0.5, 0.6) is 0 Å². The molecule has 0 atom stereocenters. The summed E-state index contributed by atoms with van der Waals surface area (Å²) >= 11 is 0. The molecule has 1 aromatic heterocycles. The Morgan fingerprint density at radius 1 is 1.05 bits per heavy atom. The summed E-state index contributed by atoms with van der Waals surface area (Å²) in [6.07, 6.45) is 1.29. The van der Waals surface area contributed by atoms with Gasteiger partial charge >= 0.3 is 0 Å². The summed E-state index contributed by atoms with van der Waals surface area (Å²) in [4.78, 5) is 7.93. The predicted octanol–water partition coefficient (Wildman–Crippen LogP) is 3.71. The van der Waals surface area contributed by atoms with Gasteiger partial charge in [-0.2, -0.15) is 0 Å². The molecule has 1 aromatic carbocycles. The average Bonchev–Trinajstić information content (AvgIpc) is 2.46. The van der Waals surface area contributed by atoms with Gasteiger partial charge in [-0.15, -0.1) is 0 Å². The molecule has 0 aliphatic carbocycles. The van der Waals surface area contributed by atoms with Crippen molar-refractivity contribution in [1.29, 1.82) is 0 Å². The predicted molar refractivity (Wildman–Crippen MR) is 75.0 cm³/mol. The van der Waals surface area contributed by atoms with Gasteiger partial charge in [0.15, 0.2) is 17.5 Å². The smallest absolute Gasteiger partial charge is 0.196 e. The van der Waals surface area contributed by atoms with E-state index in [0.717, 1.165) is 18.7 Å². The largest absolute Gasteiger partial charge is 0.370 e. The molecule has 2 N–H and O–H groups in total. The second-order valence-corrected chi connectivity index (χ2v) is 4.91. The molecule has 7 heteroatoms. The van der Waals surface area contributed by atoms with Gasteiger partial charge in [-0.05, 0) is 18.1 Å². The molecule has 0 fully saturated rings. The van der Waals surface area contributed by atoms with Crippen LogP contribution in [0.4, 0.5) is 30.5 Å². The van der Waals surface area contributed by atoms with Gasteiger partial charge < -0.3 is 10.6 Å². The second-order valence-electron chi connectivity index (χ2n) is 4.91. The Morgan fingerprint density at radius 3 is 2.48 bits per heavy atom. The molecule has 0 unspecified atom stereocenters. The molecule has 0 saturated carbocycles. The summed E-state index contributed by atoms with van der Waals surface area (Å²) in [6, 6.07) is 3.51. The van der Waals surface area contributed by atoms with Crippen LogP contribution < -0.4 is 10.6 Å². The van der Waals surface area contributed by atoms with E-state index in [2.05, 4.69) is 20.6 Å². The highest BCUT2D eigenvalue weighted by Crippen LogP contribution is 2.23. The van der Waals surface area contributed by atoms with E-state index in [1.807, 2.05) is 13.8 Å². The van der Waals surface area contributed by atoms with Crippen molar-refractivity contribution >= 4 is 17.3 Å². The molecule has 4 nitrogen and oxygen atoms in total. The van der Waals surface area contributed by atoms with Crippen LogP contribution in [-0.4, -0.2) is 16.5 Å². The highest BCUT2D eigenvalue weighted by molar-refractivity contribution is 5.59. The fourth-order valence-electron chi connectivity index (χ4n) is 1.59. The van der Waals surface area contributed by atoms with Crippen LogP contribution in [0.15, 0.2) is 24.5 Å². The van der Waals surface area contributed by atoms with Crippen molar-refractivity contribution in [2.45, 2.75) is 13.8 Å². The molecule has 21 heavy (non-hydrogen) atoms. The second kappa shape index (κ2) is 6.43. The normalized spacial score (nSPS) is 10.8. The molecule has 0 aliphatic heterocycles. The molecule has 0 aliphatic rings. The van der Waals surface area contributed by atoms with Crippen molar-refractivity contribution in [2.24, 2.45) is 5.92 Å². The van der Waals surface area contributed by atoms with E-state index in [9.17, 15) is 13.2 Å². The van der Waals surface area contributed by atoms with Gasteiger partial charge in [0.2, 0.25) is 0 Å². The SMILES string of the molecule is CC(C)CNc1cc(Nc2ccc(F)c(F)c2F)ncn1. The van der Waals surface area contributed by atoms with E-state index in [-0.39, 0.29) is 11.5 Å². The number of nitrogens with zero attached hydrogens (tertiary/aromatic N) is 2. The summed E-state index contributed by atoms with van der Waals surface area (Å²) in [7, 11) is 0. The lowest BCUT2D eigenvalue weighted by molar-refractivity contribution is 0.449. The van der Waals surface area contributed by atoms with Gasteiger partial charge in [-0.1, -0.05) is 13.8 Å². The van der Waals surface area contributed by atoms with Gasteiger partial charge in [0, 0.05) is 12.6 Å². The first kappa shape index (κ1) is 15.1. The quantitative estimate of drug-likeness (QED) is 0.826. The molecular weight excluding hydrogens is 281 g/mol. The van der Waals surface area contributed by atoms with Crippen LogP contribution in [0.3, 0.4) is 0 Å². The summed E-state index contributed by atoms with van der Waals surface area (Å²) in [5.74, 6) is -2.78. The molecule has 0 amide bonds. The van der Waals surface area contributed by atoms with E-state index in [1.165, 1.54) is 6.33 Å². The molecule has 0 spiro atoms. The number of rotatable bonds is 5. The van der Waals surface area contributed by atoms with Gasteiger partial charge in [-0.3, -0.25) is 0 Å². The third kappa shape index (κ3) is 3.84. The Labute approximate surface area is 120 Å². The number of hydrogen-bond donors (Lipinski definition) is 2. The third-order valence-corrected chi connectivity index (χ3v) is 2.66. The van der Waals surface area contributed by atoms with Crippen molar-refractivity contribution in [2.75, 3.05) is 17.2 Å². The van der Waals surface area contributed by atoms with Crippen molar-refractivity contribution in [3.05, 3.63) is 42.0 Å². The standard InChI is InChI=1S/C14H15F3N4/c1-8(2)6-18-11-5-12(20-7-19-11)21-10-4-3-9(15)13(16)14(10)17/h3-5,7-8H,6H2,1-2H3,(H2,18,19,20,21). The van der Waals surface area contributed by atoms with Gasteiger partial charge in [-0.25, -0.2) is 23.1 Å². The Balaban J connectivity index is 2.16. The summed E-state index contributed by atoms with van der Waals surface area (Å²) in [5.41, 5.74) is -0.192.